The minimum absolute atomic E-state index is 0. The van der Waals surface area contributed by atoms with Crippen molar-refractivity contribution in [2.75, 3.05) is 20.2 Å². The minimum atomic E-state index is -0.324. The van der Waals surface area contributed by atoms with Crippen molar-refractivity contribution in [1.82, 2.24) is 4.90 Å². The maximum Gasteiger partial charge on any atom is 0.338 e. The summed E-state index contributed by atoms with van der Waals surface area (Å²) in [5, 5.41) is 0. The lowest BCUT2D eigenvalue weighted by Crippen LogP contribution is -2.23. The van der Waals surface area contributed by atoms with Crippen LogP contribution in [-0.2, 0) is 17.9 Å². The second-order valence-corrected chi connectivity index (χ2v) is 5.53. The molecule has 136 valence electrons. The normalized spacial score (nSPS) is 10.2. The summed E-state index contributed by atoms with van der Waals surface area (Å²) in [5.41, 5.74) is 2.77. The summed E-state index contributed by atoms with van der Waals surface area (Å²) in [4.78, 5) is 14.5. The molecule has 0 saturated carbocycles. The van der Waals surface area contributed by atoms with E-state index >= 15 is 0 Å². The average molecular weight is 364 g/mol. The molecule has 0 N–H and O–H groups in total. The summed E-state index contributed by atoms with van der Waals surface area (Å²) in [6, 6.07) is 15.0. The van der Waals surface area contributed by atoms with Crippen LogP contribution in [0.3, 0.4) is 0 Å². The largest absolute Gasteiger partial charge is 0.497 e. The average Bonchev–Trinajstić information content (AvgIpc) is 2.65. The number of carbonyl (C=O) groups excluding carboxylic acids is 1. The molecular weight excluding hydrogens is 338 g/mol. The van der Waals surface area contributed by atoms with E-state index < -0.39 is 0 Å². The van der Waals surface area contributed by atoms with E-state index in [0.29, 0.717) is 5.56 Å². The van der Waals surface area contributed by atoms with Gasteiger partial charge < -0.3 is 9.47 Å². The van der Waals surface area contributed by atoms with Gasteiger partial charge >= 0.3 is 5.97 Å². The maximum absolute atomic E-state index is 12.2. The fourth-order valence-corrected chi connectivity index (χ4v) is 2.49. The molecule has 0 atom stereocenters. The second kappa shape index (κ2) is 10.7. The Hall–Kier alpha value is -2.04. The number of esters is 1. The predicted octanol–water partition coefficient (Wildman–Crippen LogP) is 4.32. The highest BCUT2D eigenvalue weighted by Gasteiger charge is 2.10. The Labute approximate surface area is 156 Å². The quantitative estimate of drug-likeness (QED) is 0.655. The summed E-state index contributed by atoms with van der Waals surface area (Å²) in [7, 11) is 1.60. The van der Waals surface area contributed by atoms with Crippen LogP contribution in [0, 0.1) is 0 Å². The van der Waals surface area contributed by atoms with E-state index in [4.69, 9.17) is 9.47 Å². The molecule has 0 amide bonds. The van der Waals surface area contributed by atoms with Crippen LogP contribution in [0.1, 0.15) is 35.3 Å². The lowest BCUT2D eigenvalue weighted by atomic mass is 10.1. The Balaban J connectivity index is 0.00000312. The fourth-order valence-electron chi connectivity index (χ4n) is 2.49. The third-order valence-electron chi connectivity index (χ3n) is 4.09. The first-order valence-electron chi connectivity index (χ1n) is 8.28. The molecule has 0 spiro atoms. The third kappa shape index (κ3) is 6.07. The SMILES string of the molecule is CCN(CC)Cc1ccccc1COC(=O)c1ccc(OC)cc1.Cl. The molecule has 0 radical (unpaired) electrons. The van der Waals surface area contributed by atoms with Crippen LogP contribution in [-0.4, -0.2) is 31.1 Å². The van der Waals surface area contributed by atoms with Crippen molar-refractivity contribution in [2.24, 2.45) is 0 Å². The van der Waals surface area contributed by atoms with E-state index in [-0.39, 0.29) is 25.0 Å². The number of benzene rings is 2. The Morgan fingerprint density at radius 2 is 1.56 bits per heavy atom. The molecule has 0 saturated heterocycles. The number of methoxy groups -OCH3 is 1. The van der Waals surface area contributed by atoms with Gasteiger partial charge in [-0.2, -0.15) is 0 Å². The highest BCUT2D eigenvalue weighted by molar-refractivity contribution is 5.89. The molecule has 2 rings (SSSR count). The highest BCUT2D eigenvalue weighted by Crippen LogP contribution is 2.16. The third-order valence-corrected chi connectivity index (χ3v) is 4.09. The number of hydrogen-bond acceptors (Lipinski definition) is 4. The van der Waals surface area contributed by atoms with Crippen LogP contribution >= 0.6 is 12.4 Å². The van der Waals surface area contributed by atoms with E-state index in [1.165, 1.54) is 5.56 Å². The van der Waals surface area contributed by atoms with Crippen molar-refractivity contribution < 1.29 is 14.3 Å². The van der Waals surface area contributed by atoms with Crippen LogP contribution in [0.25, 0.3) is 0 Å². The molecule has 0 heterocycles. The standard InChI is InChI=1S/C20H25NO3.ClH/c1-4-21(5-2)14-17-8-6-7-9-18(17)15-24-20(22)16-10-12-19(23-3)13-11-16;/h6-13H,4-5,14-15H2,1-3H3;1H. The molecule has 0 aliphatic rings. The number of ether oxygens (including phenoxy) is 2. The number of halogens is 1. The molecule has 5 heteroatoms. The maximum atomic E-state index is 12.2. The van der Waals surface area contributed by atoms with Crippen molar-refractivity contribution in [3.05, 3.63) is 65.2 Å². The smallest absolute Gasteiger partial charge is 0.338 e. The summed E-state index contributed by atoms with van der Waals surface area (Å²) < 4.78 is 10.6. The van der Waals surface area contributed by atoms with E-state index in [1.807, 2.05) is 18.2 Å². The Kier molecular flexibility index (Phi) is 9.03. The Morgan fingerprint density at radius 3 is 2.12 bits per heavy atom. The van der Waals surface area contributed by atoms with Crippen LogP contribution in [0.2, 0.25) is 0 Å². The molecule has 0 bridgehead atoms. The van der Waals surface area contributed by atoms with E-state index in [9.17, 15) is 4.79 Å². The van der Waals surface area contributed by atoms with Crippen LogP contribution in [0.15, 0.2) is 48.5 Å². The molecule has 0 unspecified atom stereocenters. The van der Waals surface area contributed by atoms with Crippen LogP contribution in [0.5, 0.6) is 5.75 Å². The van der Waals surface area contributed by atoms with Crippen LogP contribution < -0.4 is 4.74 Å². The van der Waals surface area contributed by atoms with Crippen molar-refractivity contribution in [2.45, 2.75) is 27.0 Å². The predicted molar refractivity (Wildman–Crippen MR) is 102 cm³/mol. The van der Waals surface area contributed by atoms with Gasteiger partial charge in [-0.05, 0) is 48.5 Å². The molecule has 4 nitrogen and oxygen atoms in total. The summed E-state index contributed by atoms with van der Waals surface area (Å²) in [6.07, 6.45) is 0. The van der Waals surface area contributed by atoms with Gasteiger partial charge in [0.15, 0.2) is 0 Å². The topological polar surface area (TPSA) is 38.8 Å². The fraction of sp³-hybridized carbons (Fsp3) is 0.350. The first kappa shape index (κ1) is 21.0. The molecule has 2 aromatic carbocycles. The molecule has 25 heavy (non-hydrogen) atoms. The molecule has 0 fully saturated rings. The van der Waals surface area contributed by atoms with Gasteiger partial charge in [-0.25, -0.2) is 4.79 Å². The molecule has 0 aliphatic carbocycles. The summed E-state index contributed by atoms with van der Waals surface area (Å²) in [5.74, 6) is 0.395. The zero-order valence-electron chi connectivity index (χ0n) is 15.0. The summed E-state index contributed by atoms with van der Waals surface area (Å²) in [6.45, 7) is 7.43. The minimum Gasteiger partial charge on any atom is -0.497 e. The van der Waals surface area contributed by atoms with Gasteiger partial charge in [0.25, 0.3) is 0 Å². The van der Waals surface area contributed by atoms with Gasteiger partial charge in [0.2, 0.25) is 0 Å². The number of rotatable bonds is 8. The second-order valence-electron chi connectivity index (χ2n) is 5.53. The molecule has 2 aromatic rings. The Morgan fingerprint density at radius 1 is 0.960 bits per heavy atom. The van der Waals surface area contributed by atoms with Crippen molar-refractivity contribution in [1.29, 1.82) is 0 Å². The zero-order valence-corrected chi connectivity index (χ0v) is 15.8. The van der Waals surface area contributed by atoms with Gasteiger partial charge in [0.05, 0.1) is 12.7 Å². The molecule has 0 aliphatic heterocycles. The zero-order chi connectivity index (χ0) is 17.4. The monoisotopic (exact) mass is 363 g/mol. The highest BCUT2D eigenvalue weighted by atomic mass is 35.5. The van der Waals surface area contributed by atoms with E-state index in [2.05, 4.69) is 24.8 Å². The van der Waals surface area contributed by atoms with Crippen molar-refractivity contribution in [3.63, 3.8) is 0 Å². The summed E-state index contributed by atoms with van der Waals surface area (Å²) >= 11 is 0. The first-order chi connectivity index (χ1) is 11.7. The van der Waals surface area contributed by atoms with Gasteiger partial charge in [-0.15, -0.1) is 12.4 Å². The Bertz CT molecular complexity index is 654. The van der Waals surface area contributed by atoms with Gasteiger partial charge in [0, 0.05) is 6.54 Å². The van der Waals surface area contributed by atoms with Crippen molar-refractivity contribution >= 4 is 18.4 Å². The van der Waals surface area contributed by atoms with Gasteiger partial charge in [0.1, 0.15) is 12.4 Å². The number of hydrogen-bond donors (Lipinski definition) is 0. The van der Waals surface area contributed by atoms with Gasteiger partial charge in [-0.1, -0.05) is 38.1 Å². The van der Waals surface area contributed by atoms with Gasteiger partial charge in [-0.3, -0.25) is 4.90 Å². The van der Waals surface area contributed by atoms with E-state index in [1.54, 1.807) is 31.4 Å². The van der Waals surface area contributed by atoms with Crippen molar-refractivity contribution in [3.8, 4) is 5.75 Å². The van der Waals surface area contributed by atoms with E-state index in [0.717, 1.165) is 30.9 Å². The van der Waals surface area contributed by atoms with Crippen LogP contribution in [0.4, 0.5) is 0 Å². The first-order valence-corrected chi connectivity index (χ1v) is 8.28. The number of carbonyl (C=O) groups is 1. The number of nitrogens with zero attached hydrogens (tertiary/aromatic N) is 1. The lowest BCUT2D eigenvalue weighted by Gasteiger charge is -2.20. The molecular formula is C20H26ClNO3. The molecule has 0 aromatic heterocycles. The lowest BCUT2D eigenvalue weighted by molar-refractivity contribution is 0.0471.